The maximum absolute atomic E-state index is 13.6. The number of piperidine rings is 2. The Bertz CT molecular complexity index is 654. The Hall–Kier alpha value is -1.27. The van der Waals surface area contributed by atoms with Crippen LogP contribution in [0.3, 0.4) is 0 Å². The van der Waals surface area contributed by atoms with E-state index in [4.69, 9.17) is 0 Å². The van der Waals surface area contributed by atoms with Crippen molar-refractivity contribution in [3.63, 3.8) is 0 Å². The van der Waals surface area contributed by atoms with E-state index in [1.807, 2.05) is 37.1 Å². The smallest absolute Gasteiger partial charge is 0.321 e. The van der Waals surface area contributed by atoms with E-state index in [-0.39, 0.29) is 17.5 Å². The molecule has 0 spiro atoms. The highest BCUT2D eigenvalue weighted by Gasteiger charge is 2.30. The lowest BCUT2D eigenvalue weighted by molar-refractivity contribution is 0.117. The molecular formula is C21H32FN3OS. The van der Waals surface area contributed by atoms with Crippen molar-refractivity contribution in [3.8, 4) is 0 Å². The first-order valence-electron chi connectivity index (χ1n) is 10.0. The fourth-order valence-electron chi connectivity index (χ4n) is 3.87. The minimum atomic E-state index is -0.798. The number of rotatable bonds is 4. The zero-order valence-corrected chi connectivity index (χ0v) is 17.5. The highest BCUT2D eigenvalue weighted by Crippen LogP contribution is 2.34. The number of urea groups is 1. The molecule has 2 aliphatic heterocycles. The molecule has 2 saturated heterocycles. The van der Waals surface area contributed by atoms with Crippen LogP contribution < -0.4 is 5.32 Å². The Morgan fingerprint density at radius 1 is 1.33 bits per heavy atom. The highest BCUT2D eigenvalue weighted by atomic mass is 32.2. The SMILES string of the molecule is C[C@H]1CN(C(=O)Nc2cccc(CSN3CCCCC3(C)C)c2)CCC1F. The number of alkyl halides is 1. The van der Waals surface area contributed by atoms with Gasteiger partial charge in [-0.2, -0.15) is 0 Å². The Labute approximate surface area is 167 Å². The van der Waals surface area contributed by atoms with E-state index < -0.39 is 6.17 Å². The number of benzene rings is 1. The van der Waals surface area contributed by atoms with Crippen LogP contribution in [-0.2, 0) is 5.75 Å². The van der Waals surface area contributed by atoms with Gasteiger partial charge in [0.2, 0.25) is 0 Å². The third-order valence-corrected chi connectivity index (χ3v) is 7.18. The van der Waals surface area contributed by atoms with Crippen LogP contribution >= 0.6 is 11.9 Å². The van der Waals surface area contributed by atoms with Gasteiger partial charge < -0.3 is 10.2 Å². The summed E-state index contributed by atoms with van der Waals surface area (Å²) in [5, 5.41) is 2.98. The normalized spacial score (nSPS) is 26.0. The molecule has 4 nitrogen and oxygen atoms in total. The largest absolute Gasteiger partial charge is 0.324 e. The summed E-state index contributed by atoms with van der Waals surface area (Å²) in [6, 6.07) is 7.94. The minimum absolute atomic E-state index is 0.0971. The molecular weight excluding hydrogens is 361 g/mol. The number of likely N-dealkylation sites (tertiary alicyclic amines) is 1. The van der Waals surface area contributed by atoms with Crippen molar-refractivity contribution >= 4 is 23.7 Å². The average molecular weight is 394 g/mol. The first-order chi connectivity index (χ1) is 12.8. The molecule has 0 bridgehead atoms. The molecule has 0 aromatic heterocycles. The average Bonchev–Trinajstić information content (AvgIpc) is 2.63. The first kappa shape index (κ1) is 20.5. The van der Waals surface area contributed by atoms with Crippen molar-refractivity contribution in [2.24, 2.45) is 5.92 Å². The van der Waals surface area contributed by atoms with E-state index >= 15 is 0 Å². The number of nitrogens with one attached hydrogen (secondary N) is 1. The zero-order chi connectivity index (χ0) is 19.4. The molecule has 0 aliphatic carbocycles. The maximum atomic E-state index is 13.6. The molecule has 2 amide bonds. The second-order valence-corrected chi connectivity index (χ2v) is 9.49. The number of nitrogens with zero attached hydrogens (tertiary/aromatic N) is 2. The second kappa shape index (κ2) is 8.82. The van der Waals surface area contributed by atoms with Crippen LogP contribution in [-0.4, -0.2) is 46.6 Å². The lowest BCUT2D eigenvalue weighted by atomic mass is 9.93. The van der Waals surface area contributed by atoms with E-state index in [9.17, 15) is 9.18 Å². The van der Waals surface area contributed by atoms with Crippen molar-refractivity contribution in [1.29, 1.82) is 0 Å². The molecule has 2 heterocycles. The summed E-state index contributed by atoms with van der Waals surface area (Å²) in [7, 11) is 0. The molecule has 27 heavy (non-hydrogen) atoms. The molecule has 1 N–H and O–H groups in total. The molecule has 1 unspecified atom stereocenters. The molecule has 1 aromatic rings. The quantitative estimate of drug-likeness (QED) is 0.704. The van der Waals surface area contributed by atoms with Crippen LogP contribution in [0.2, 0.25) is 0 Å². The maximum Gasteiger partial charge on any atom is 0.321 e. The Balaban J connectivity index is 1.55. The van der Waals surface area contributed by atoms with Gasteiger partial charge in [0.05, 0.1) is 0 Å². The van der Waals surface area contributed by atoms with Crippen molar-refractivity contribution in [3.05, 3.63) is 29.8 Å². The Morgan fingerprint density at radius 3 is 2.89 bits per heavy atom. The molecule has 2 atom stereocenters. The number of hydrogen-bond acceptors (Lipinski definition) is 3. The first-order valence-corrected chi connectivity index (χ1v) is 11.0. The van der Waals surface area contributed by atoms with Gasteiger partial charge in [-0.1, -0.05) is 37.4 Å². The fourth-order valence-corrected chi connectivity index (χ4v) is 5.06. The molecule has 3 rings (SSSR count). The molecule has 0 radical (unpaired) electrons. The predicted octanol–water partition coefficient (Wildman–Crippen LogP) is 5.31. The number of halogens is 1. The predicted molar refractivity (Wildman–Crippen MR) is 112 cm³/mol. The van der Waals surface area contributed by atoms with Gasteiger partial charge >= 0.3 is 6.03 Å². The van der Waals surface area contributed by atoms with Gasteiger partial charge in [-0.3, -0.25) is 0 Å². The van der Waals surface area contributed by atoms with E-state index in [2.05, 4.69) is 29.5 Å². The van der Waals surface area contributed by atoms with Gasteiger partial charge in [-0.25, -0.2) is 13.5 Å². The van der Waals surface area contributed by atoms with Crippen molar-refractivity contribution in [1.82, 2.24) is 9.21 Å². The molecule has 0 saturated carbocycles. The van der Waals surface area contributed by atoms with Crippen molar-refractivity contribution in [2.75, 3.05) is 25.0 Å². The molecule has 150 valence electrons. The lowest BCUT2D eigenvalue weighted by Crippen LogP contribution is -2.45. The summed E-state index contributed by atoms with van der Waals surface area (Å²) in [6.07, 6.45) is 3.44. The van der Waals surface area contributed by atoms with Crippen LogP contribution in [0.15, 0.2) is 24.3 Å². The zero-order valence-electron chi connectivity index (χ0n) is 16.7. The summed E-state index contributed by atoms with van der Waals surface area (Å²) in [5.74, 6) is 0.803. The standard InChI is InChI=1S/C21H32FN3OS/c1-16-14-24(12-9-19(16)22)20(26)23-18-8-6-7-17(13-18)15-27-25-11-5-4-10-21(25,2)3/h6-8,13,16,19H,4-5,9-12,14-15H2,1-3H3,(H,23,26)/t16-,19?/m0/s1. The van der Waals surface area contributed by atoms with E-state index in [0.29, 0.717) is 19.5 Å². The van der Waals surface area contributed by atoms with E-state index in [1.165, 1.54) is 24.8 Å². The third-order valence-electron chi connectivity index (χ3n) is 5.73. The van der Waals surface area contributed by atoms with Crippen LogP contribution in [0.25, 0.3) is 0 Å². The fraction of sp³-hybridized carbons (Fsp3) is 0.667. The summed E-state index contributed by atoms with van der Waals surface area (Å²) >= 11 is 1.88. The number of carbonyl (C=O) groups excluding carboxylic acids is 1. The topological polar surface area (TPSA) is 35.6 Å². The number of hydrogen-bond donors (Lipinski definition) is 1. The summed E-state index contributed by atoms with van der Waals surface area (Å²) in [4.78, 5) is 14.2. The van der Waals surface area contributed by atoms with Gasteiger partial charge in [0, 0.05) is 42.5 Å². The van der Waals surface area contributed by atoms with Crippen molar-refractivity contribution in [2.45, 2.75) is 63.9 Å². The molecule has 6 heteroatoms. The van der Waals surface area contributed by atoms with Gasteiger partial charge in [-0.05, 0) is 50.8 Å². The van der Waals surface area contributed by atoms with Crippen molar-refractivity contribution < 1.29 is 9.18 Å². The molecule has 2 aliphatic rings. The van der Waals surface area contributed by atoms with E-state index in [1.54, 1.807) is 4.90 Å². The molecule has 1 aromatic carbocycles. The second-order valence-electron chi connectivity index (χ2n) is 8.50. The summed E-state index contributed by atoms with van der Waals surface area (Å²) < 4.78 is 16.1. The Morgan fingerprint density at radius 2 is 2.15 bits per heavy atom. The monoisotopic (exact) mass is 393 g/mol. The summed E-state index contributed by atoms with van der Waals surface area (Å²) in [6.45, 7) is 8.60. The number of anilines is 1. The van der Waals surface area contributed by atoms with Gasteiger partial charge in [0.1, 0.15) is 6.17 Å². The third kappa shape index (κ3) is 5.38. The van der Waals surface area contributed by atoms with E-state index in [0.717, 1.165) is 18.0 Å². The van der Waals surface area contributed by atoms with Gasteiger partial charge in [0.15, 0.2) is 0 Å². The van der Waals surface area contributed by atoms with Crippen LogP contribution in [0.5, 0.6) is 0 Å². The summed E-state index contributed by atoms with van der Waals surface area (Å²) in [5.41, 5.74) is 2.26. The van der Waals surface area contributed by atoms with Gasteiger partial charge in [-0.15, -0.1) is 0 Å². The number of carbonyl (C=O) groups is 1. The van der Waals surface area contributed by atoms with Crippen LogP contribution in [0.4, 0.5) is 14.9 Å². The van der Waals surface area contributed by atoms with Crippen LogP contribution in [0, 0.1) is 5.92 Å². The lowest BCUT2D eigenvalue weighted by Gasteiger charge is -2.41. The van der Waals surface area contributed by atoms with Gasteiger partial charge in [0.25, 0.3) is 0 Å². The minimum Gasteiger partial charge on any atom is -0.324 e. The highest BCUT2D eigenvalue weighted by molar-refractivity contribution is 7.96. The van der Waals surface area contributed by atoms with Crippen LogP contribution in [0.1, 0.15) is 52.0 Å². The Kier molecular flexibility index (Phi) is 6.69. The molecule has 2 fully saturated rings. The number of amides is 2.